The van der Waals surface area contributed by atoms with Crippen LogP contribution in [0.25, 0.3) is 10.9 Å². The number of hydrogen-bond donors (Lipinski definition) is 1. The lowest BCUT2D eigenvalue weighted by Gasteiger charge is -2.34. The molecule has 1 aromatic heterocycles. The molecule has 0 spiro atoms. The quantitative estimate of drug-likeness (QED) is 0.915. The number of carboxylic acid groups (broad SMARTS) is 1. The highest BCUT2D eigenvalue weighted by Gasteiger charge is 2.22. The molecule has 1 aliphatic rings. The van der Waals surface area contributed by atoms with Crippen LogP contribution in [0.1, 0.15) is 17.3 Å². The Morgan fingerprint density at radius 3 is 3.05 bits per heavy atom. The first-order valence-corrected chi connectivity index (χ1v) is 7.65. The highest BCUT2D eigenvalue weighted by Crippen LogP contribution is 2.28. The molecule has 1 aromatic carbocycles. The maximum atomic E-state index is 11.0. The van der Waals surface area contributed by atoms with Crippen molar-refractivity contribution < 1.29 is 9.90 Å². The van der Waals surface area contributed by atoms with Crippen LogP contribution in [0.3, 0.4) is 0 Å². The zero-order valence-corrected chi connectivity index (χ0v) is 11.9. The summed E-state index contributed by atoms with van der Waals surface area (Å²) in [7, 11) is 0. The predicted molar refractivity (Wildman–Crippen MR) is 80.6 cm³/mol. The van der Waals surface area contributed by atoms with Crippen LogP contribution in [0.4, 0.5) is 5.82 Å². The molecule has 1 N–H and O–H groups in total. The fraction of sp³-hybridized carbons (Fsp3) is 0.357. The Kier molecular flexibility index (Phi) is 3.48. The summed E-state index contributed by atoms with van der Waals surface area (Å²) in [6.07, 6.45) is 1.51. The van der Waals surface area contributed by atoms with Gasteiger partial charge < -0.3 is 10.0 Å². The molecular weight excluding hydrogens is 274 g/mol. The topological polar surface area (TPSA) is 66.3 Å². The van der Waals surface area contributed by atoms with E-state index in [0.29, 0.717) is 11.6 Å². The minimum Gasteiger partial charge on any atom is -0.478 e. The lowest BCUT2D eigenvalue weighted by Crippen LogP contribution is -2.41. The van der Waals surface area contributed by atoms with E-state index in [-0.39, 0.29) is 5.56 Å². The van der Waals surface area contributed by atoms with E-state index in [1.807, 2.05) is 17.8 Å². The minimum atomic E-state index is -0.935. The number of hydrogen-bond acceptors (Lipinski definition) is 5. The van der Waals surface area contributed by atoms with Gasteiger partial charge in [-0.2, -0.15) is 11.8 Å². The molecule has 0 amide bonds. The van der Waals surface area contributed by atoms with Gasteiger partial charge in [0.1, 0.15) is 12.1 Å². The third kappa shape index (κ3) is 2.31. The summed E-state index contributed by atoms with van der Waals surface area (Å²) in [4.78, 5) is 21.9. The monoisotopic (exact) mass is 289 g/mol. The average Bonchev–Trinajstić information content (AvgIpc) is 2.46. The Morgan fingerprint density at radius 1 is 1.45 bits per heavy atom. The standard InChI is InChI=1S/C14H15N3O2S/c1-9-7-20-5-4-17(9)13-11-3-2-10(14(18)19)6-12(11)15-8-16-13/h2-3,6,8-9H,4-5,7H2,1H3,(H,18,19). The van der Waals surface area contributed by atoms with Gasteiger partial charge in [0, 0.05) is 29.5 Å². The number of fused-ring (bicyclic) bond motifs is 1. The first-order chi connectivity index (χ1) is 9.66. The van der Waals surface area contributed by atoms with Crippen LogP contribution < -0.4 is 4.90 Å². The highest BCUT2D eigenvalue weighted by atomic mass is 32.2. The Balaban J connectivity index is 2.09. The van der Waals surface area contributed by atoms with Crippen molar-refractivity contribution in [3.8, 4) is 0 Å². The predicted octanol–water partition coefficient (Wildman–Crippen LogP) is 2.27. The second-order valence-corrected chi connectivity index (χ2v) is 6.00. The van der Waals surface area contributed by atoms with Gasteiger partial charge in [-0.3, -0.25) is 0 Å². The molecule has 0 aliphatic carbocycles. The molecule has 0 saturated carbocycles. The van der Waals surface area contributed by atoms with E-state index < -0.39 is 5.97 Å². The second-order valence-electron chi connectivity index (χ2n) is 4.85. The summed E-state index contributed by atoms with van der Waals surface area (Å²) >= 11 is 1.95. The maximum Gasteiger partial charge on any atom is 0.335 e. The zero-order valence-electron chi connectivity index (χ0n) is 11.1. The largest absolute Gasteiger partial charge is 0.478 e. The molecule has 6 heteroatoms. The summed E-state index contributed by atoms with van der Waals surface area (Å²) in [5.41, 5.74) is 0.935. The molecule has 2 aromatic rings. The molecular formula is C14H15N3O2S. The number of aromatic nitrogens is 2. The molecule has 104 valence electrons. The first-order valence-electron chi connectivity index (χ1n) is 6.49. The Bertz CT molecular complexity index is 662. The third-order valence-corrected chi connectivity index (χ3v) is 4.69. The van der Waals surface area contributed by atoms with Crippen LogP contribution in [-0.4, -0.2) is 45.1 Å². The van der Waals surface area contributed by atoms with Gasteiger partial charge in [0.2, 0.25) is 0 Å². The van der Waals surface area contributed by atoms with E-state index in [2.05, 4.69) is 21.8 Å². The number of nitrogens with zero attached hydrogens (tertiary/aromatic N) is 3. The van der Waals surface area contributed by atoms with E-state index in [1.165, 1.54) is 6.33 Å². The lowest BCUT2D eigenvalue weighted by molar-refractivity contribution is 0.0697. The second kappa shape index (κ2) is 5.28. The van der Waals surface area contributed by atoms with E-state index in [9.17, 15) is 4.79 Å². The van der Waals surface area contributed by atoms with Crippen molar-refractivity contribution >= 4 is 34.5 Å². The fourth-order valence-electron chi connectivity index (χ4n) is 2.45. The van der Waals surface area contributed by atoms with Crippen molar-refractivity contribution in [2.75, 3.05) is 23.0 Å². The van der Waals surface area contributed by atoms with Crippen LogP contribution >= 0.6 is 11.8 Å². The van der Waals surface area contributed by atoms with Gasteiger partial charge in [-0.15, -0.1) is 0 Å². The Hall–Kier alpha value is -1.82. The third-order valence-electron chi connectivity index (χ3n) is 3.50. The summed E-state index contributed by atoms with van der Waals surface area (Å²) < 4.78 is 0. The van der Waals surface area contributed by atoms with Gasteiger partial charge in [0.05, 0.1) is 11.1 Å². The normalized spacial score (nSPS) is 19.2. The number of thioether (sulfide) groups is 1. The molecule has 1 atom stereocenters. The smallest absolute Gasteiger partial charge is 0.335 e. The zero-order chi connectivity index (χ0) is 14.1. The summed E-state index contributed by atoms with van der Waals surface area (Å²) in [6.45, 7) is 3.14. The van der Waals surface area contributed by atoms with Gasteiger partial charge in [-0.25, -0.2) is 14.8 Å². The van der Waals surface area contributed by atoms with Gasteiger partial charge in [-0.1, -0.05) is 0 Å². The SMILES string of the molecule is CC1CSCCN1c1ncnc2cc(C(=O)O)ccc12. The maximum absolute atomic E-state index is 11.0. The van der Waals surface area contributed by atoms with Crippen LogP contribution in [0, 0.1) is 0 Å². The molecule has 20 heavy (non-hydrogen) atoms. The highest BCUT2D eigenvalue weighted by molar-refractivity contribution is 7.99. The average molecular weight is 289 g/mol. The molecule has 1 saturated heterocycles. The van der Waals surface area contributed by atoms with Crippen molar-refractivity contribution in [1.29, 1.82) is 0 Å². The molecule has 1 aliphatic heterocycles. The van der Waals surface area contributed by atoms with Crippen molar-refractivity contribution in [3.63, 3.8) is 0 Å². The van der Waals surface area contributed by atoms with Gasteiger partial charge in [0.25, 0.3) is 0 Å². The van der Waals surface area contributed by atoms with Gasteiger partial charge in [-0.05, 0) is 25.1 Å². The van der Waals surface area contributed by atoms with E-state index in [1.54, 1.807) is 12.1 Å². The van der Waals surface area contributed by atoms with Crippen LogP contribution in [0.15, 0.2) is 24.5 Å². The van der Waals surface area contributed by atoms with E-state index in [0.717, 1.165) is 29.3 Å². The Labute approximate surface area is 121 Å². The van der Waals surface area contributed by atoms with Crippen molar-refractivity contribution in [1.82, 2.24) is 9.97 Å². The number of carbonyl (C=O) groups is 1. The van der Waals surface area contributed by atoms with Crippen LogP contribution in [0.5, 0.6) is 0 Å². The van der Waals surface area contributed by atoms with Gasteiger partial charge >= 0.3 is 5.97 Å². The summed E-state index contributed by atoms with van der Waals surface area (Å²) in [6, 6.07) is 5.45. The molecule has 0 bridgehead atoms. The first kappa shape index (κ1) is 13.2. The minimum absolute atomic E-state index is 0.254. The van der Waals surface area contributed by atoms with E-state index in [4.69, 9.17) is 5.11 Å². The number of anilines is 1. The number of benzene rings is 1. The molecule has 1 unspecified atom stereocenters. The number of rotatable bonds is 2. The van der Waals surface area contributed by atoms with Crippen molar-refractivity contribution in [3.05, 3.63) is 30.1 Å². The molecule has 5 nitrogen and oxygen atoms in total. The summed E-state index contributed by atoms with van der Waals surface area (Å²) in [5, 5.41) is 9.96. The van der Waals surface area contributed by atoms with Gasteiger partial charge in [0.15, 0.2) is 0 Å². The van der Waals surface area contributed by atoms with Crippen LogP contribution in [0.2, 0.25) is 0 Å². The molecule has 0 radical (unpaired) electrons. The fourth-order valence-corrected chi connectivity index (χ4v) is 3.46. The molecule has 1 fully saturated rings. The van der Waals surface area contributed by atoms with Crippen molar-refractivity contribution in [2.45, 2.75) is 13.0 Å². The molecule has 3 rings (SSSR count). The van der Waals surface area contributed by atoms with Crippen LogP contribution in [-0.2, 0) is 0 Å². The Morgan fingerprint density at radius 2 is 2.30 bits per heavy atom. The lowest BCUT2D eigenvalue weighted by atomic mass is 10.1. The van der Waals surface area contributed by atoms with E-state index >= 15 is 0 Å². The van der Waals surface area contributed by atoms with Crippen molar-refractivity contribution in [2.24, 2.45) is 0 Å². The summed E-state index contributed by atoms with van der Waals surface area (Å²) in [5.74, 6) is 2.14. The molecule has 2 heterocycles. The number of carboxylic acids is 1. The number of aromatic carboxylic acids is 1.